The van der Waals surface area contributed by atoms with E-state index in [0.717, 1.165) is 41.7 Å². The molecular formula is C13H21N3O5. The van der Waals surface area contributed by atoms with E-state index in [1.54, 1.807) is 0 Å². The van der Waals surface area contributed by atoms with Gasteiger partial charge in [-0.1, -0.05) is 19.8 Å². The second-order valence-corrected chi connectivity index (χ2v) is 5.10. The van der Waals surface area contributed by atoms with Gasteiger partial charge in [0.2, 0.25) is 0 Å². The summed E-state index contributed by atoms with van der Waals surface area (Å²) in [5.74, 6) is -1.74. The molecule has 1 unspecified atom stereocenters. The van der Waals surface area contributed by atoms with Crippen LogP contribution in [0.3, 0.4) is 0 Å². The first-order valence-electron chi connectivity index (χ1n) is 7.36. The zero-order valence-corrected chi connectivity index (χ0v) is 12.2. The zero-order valence-electron chi connectivity index (χ0n) is 12.2. The van der Waals surface area contributed by atoms with Gasteiger partial charge in [0.05, 0.1) is 0 Å². The molecule has 2 heterocycles. The molecule has 118 valence electrons. The minimum atomic E-state index is -0.874. The second kappa shape index (κ2) is 7.37. The number of nitrogens with zero attached hydrogens (tertiary/aromatic N) is 3. The molecule has 0 aliphatic carbocycles. The minimum Gasteiger partial charge on any atom is -0.358 e. The molecule has 0 N–H and O–H groups in total. The second-order valence-electron chi connectivity index (χ2n) is 5.10. The van der Waals surface area contributed by atoms with E-state index in [2.05, 4.69) is 4.42 Å². The molecule has 0 spiro atoms. The van der Waals surface area contributed by atoms with Crippen molar-refractivity contribution >= 4 is 0 Å². The fourth-order valence-electron chi connectivity index (χ4n) is 2.17. The van der Waals surface area contributed by atoms with Crippen molar-refractivity contribution in [2.75, 3.05) is 13.3 Å². The molecule has 1 aliphatic heterocycles. The van der Waals surface area contributed by atoms with Gasteiger partial charge in [0.1, 0.15) is 6.73 Å². The van der Waals surface area contributed by atoms with Gasteiger partial charge in [-0.15, -0.1) is 0 Å². The molecule has 8 nitrogen and oxygen atoms in total. The lowest BCUT2D eigenvalue weighted by Gasteiger charge is -2.06. The normalized spacial score (nSPS) is 17.1. The number of hydrogen-bond donors (Lipinski definition) is 0. The van der Waals surface area contributed by atoms with Gasteiger partial charge in [-0.2, -0.15) is 5.06 Å². The van der Waals surface area contributed by atoms with Crippen LogP contribution in [0, 0.1) is 0 Å². The Hall–Kier alpha value is -1.67. The lowest BCUT2D eigenvalue weighted by Crippen LogP contribution is -2.46. The van der Waals surface area contributed by atoms with Gasteiger partial charge in [-0.3, -0.25) is 4.84 Å². The van der Waals surface area contributed by atoms with Crippen LogP contribution in [0.1, 0.15) is 39.0 Å². The third-order valence-corrected chi connectivity index (χ3v) is 3.38. The smallest absolute Gasteiger partial charge is 0.358 e. The largest absolute Gasteiger partial charge is 0.427 e. The van der Waals surface area contributed by atoms with Crippen molar-refractivity contribution in [1.82, 2.24) is 14.2 Å². The van der Waals surface area contributed by atoms with Gasteiger partial charge in [0.15, 0.2) is 0 Å². The van der Waals surface area contributed by atoms with Crippen LogP contribution in [-0.4, -0.2) is 27.5 Å². The Morgan fingerprint density at radius 1 is 0.905 bits per heavy atom. The number of hydrogen-bond acceptors (Lipinski definition) is 6. The molecule has 1 atom stereocenters. The van der Waals surface area contributed by atoms with Gasteiger partial charge in [-0.25, -0.2) is 23.5 Å². The molecule has 0 saturated carbocycles. The van der Waals surface area contributed by atoms with Gasteiger partial charge in [-0.05, 0) is 19.3 Å². The van der Waals surface area contributed by atoms with E-state index in [1.807, 2.05) is 12.0 Å². The van der Waals surface area contributed by atoms with Crippen LogP contribution < -0.4 is 17.2 Å². The quantitative estimate of drug-likeness (QED) is 0.476. The van der Waals surface area contributed by atoms with E-state index in [0.29, 0.717) is 12.8 Å². The average Bonchev–Trinajstić information content (AvgIpc) is 3.25. The molecule has 0 radical (unpaired) electrons. The number of aromatic nitrogens is 2. The fraction of sp³-hybridized carbons (Fsp3) is 0.769. The molecule has 0 amide bonds. The molecule has 0 bridgehead atoms. The summed E-state index contributed by atoms with van der Waals surface area (Å²) in [7, 11) is 0. The van der Waals surface area contributed by atoms with E-state index in [-0.39, 0.29) is 13.1 Å². The van der Waals surface area contributed by atoms with Crippen molar-refractivity contribution in [2.24, 2.45) is 0 Å². The van der Waals surface area contributed by atoms with Crippen molar-refractivity contribution in [3.05, 3.63) is 31.6 Å². The first-order valence-corrected chi connectivity index (χ1v) is 7.36. The summed E-state index contributed by atoms with van der Waals surface area (Å²) in [6, 6.07) is 0. The van der Waals surface area contributed by atoms with Crippen LogP contribution in [0.25, 0.3) is 0 Å². The highest BCUT2D eigenvalue weighted by Gasteiger charge is 2.17. The number of unbranched alkanes of at least 4 members (excludes halogenated alkanes) is 3. The predicted octanol–water partition coefficient (Wildman–Crippen LogP) is 0.138. The summed E-state index contributed by atoms with van der Waals surface area (Å²) in [5.41, 5.74) is -0.574. The first-order chi connectivity index (χ1) is 10.1. The van der Waals surface area contributed by atoms with E-state index in [1.165, 1.54) is 0 Å². The summed E-state index contributed by atoms with van der Waals surface area (Å²) in [6.45, 7) is 4.03. The highest BCUT2D eigenvalue weighted by atomic mass is 16.8. The van der Waals surface area contributed by atoms with Crippen molar-refractivity contribution in [1.29, 1.82) is 0 Å². The molecule has 2 rings (SSSR count). The lowest BCUT2D eigenvalue weighted by molar-refractivity contribution is 0.197. The Kier molecular flexibility index (Phi) is 5.51. The van der Waals surface area contributed by atoms with Crippen molar-refractivity contribution in [2.45, 2.75) is 52.1 Å². The summed E-state index contributed by atoms with van der Waals surface area (Å²) in [5, 5.41) is 1.87. The molecule has 1 aromatic rings. The summed E-state index contributed by atoms with van der Waals surface area (Å²) < 4.78 is 6.56. The van der Waals surface area contributed by atoms with Gasteiger partial charge < -0.3 is 4.42 Å². The van der Waals surface area contributed by atoms with Crippen LogP contribution >= 0.6 is 0 Å². The van der Waals surface area contributed by atoms with Gasteiger partial charge in [0, 0.05) is 19.6 Å². The third-order valence-electron chi connectivity index (χ3n) is 3.38. The highest BCUT2D eigenvalue weighted by molar-refractivity contribution is 4.70. The van der Waals surface area contributed by atoms with Crippen molar-refractivity contribution in [3.8, 4) is 0 Å². The van der Waals surface area contributed by atoms with E-state index >= 15 is 0 Å². The van der Waals surface area contributed by atoms with E-state index in [4.69, 9.17) is 4.84 Å². The molecule has 0 aromatic carbocycles. The summed E-state index contributed by atoms with van der Waals surface area (Å²) >= 11 is 0. The number of rotatable bonds is 9. The molecule has 1 saturated heterocycles. The zero-order chi connectivity index (χ0) is 15.2. The Balaban J connectivity index is 1.89. The van der Waals surface area contributed by atoms with Crippen molar-refractivity contribution in [3.63, 3.8) is 0 Å². The van der Waals surface area contributed by atoms with Crippen molar-refractivity contribution < 1.29 is 9.25 Å². The maximum absolute atomic E-state index is 12.1. The predicted molar refractivity (Wildman–Crippen MR) is 74.9 cm³/mol. The van der Waals surface area contributed by atoms with Crippen LogP contribution in [0.4, 0.5) is 0 Å². The third kappa shape index (κ3) is 4.40. The highest BCUT2D eigenvalue weighted by Crippen LogP contribution is 2.09. The van der Waals surface area contributed by atoms with E-state index in [9.17, 15) is 14.4 Å². The molecule has 8 heteroatoms. The fourth-order valence-corrected chi connectivity index (χ4v) is 2.17. The Bertz CT molecular complexity index is 626. The van der Waals surface area contributed by atoms with Crippen LogP contribution in [-0.2, 0) is 17.9 Å². The maximum Gasteiger partial charge on any atom is 0.427 e. The van der Waals surface area contributed by atoms with Crippen LogP contribution in [0.15, 0.2) is 18.8 Å². The standard InChI is InChI=1S/C13H21N3O5/c1-2-7-15-11(17)16(13(19)21-12(15)18)9-6-4-3-5-8-14-10-20-14/h2-10H2,1H3. The van der Waals surface area contributed by atoms with Gasteiger partial charge in [0.25, 0.3) is 0 Å². The molecule has 1 aliphatic rings. The van der Waals surface area contributed by atoms with Gasteiger partial charge >= 0.3 is 17.2 Å². The lowest BCUT2D eigenvalue weighted by atomic mass is 10.2. The summed E-state index contributed by atoms with van der Waals surface area (Å²) in [6.07, 6.45) is 4.28. The monoisotopic (exact) mass is 299 g/mol. The Labute approximate surface area is 121 Å². The molecule has 21 heavy (non-hydrogen) atoms. The Morgan fingerprint density at radius 3 is 2.05 bits per heavy atom. The number of hydroxylamine groups is 2. The van der Waals surface area contributed by atoms with E-state index < -0.39 is 17.2 Å². The first kappa shape index (κ1) is 15.7. The summed E-state index contributed by atoms with van der Waals surface area (Å²) in [4.78, 5) is 40.1. The van der Waals surface area contributed by atoms with Crippen LogP contribution in [0.2, 0.25) is 0 Å². The minimum absolute atomic E-state index is 0.261. The molecule has 1 aromatic heterocycles. The maximum atomic E-state index is 12.1. The molecular weight excluding hydrogens is 278 g/mol. The topological polar surface area (TPSA) is 89.8 Å². The average molecular weight is 299 g/mol. The van der Waals surface area contributed by atoms with Crippen LogP contribution in [0.5, 0.6) is 0 Å². The molecule has 1 fully saturated rings. The Morgan fingerprint density at radius 2 is 1.48 bits per heavy atom. The SMILES string of the molecule is CCCn1c(=O)oc(=O)n(CCCCCCN2CO2)c1=O.